The van der Waals surface area contributed by atoms with Crippen LogP contribution in [0.2, 0.25) is 0 Å². The standard InChI is InChI=1S/C19H22N2O2S2/c1-13-21-17-10-9-16(11-18(17)24-13)25(22,23)20-12-14-5-7-15(8-6-14)19(2,3)4/h5-11,20H,12H2,1-4H3. The number of aromatic nitrogens is 1. The monoisotopic (exact) mass is 374 g/mol. The summed E-state index contributed by atoms with van der Waals surface area (Å²) in [6.45, 7) is 8.65. The number of aryl methyl sites for hydroxylation is 1. The smallest absolute Gasteiger partial charge is 0.240 e. The van der Waals surface area contributed by atoms with E-state index in [2.05, 4.69) is 42.6 Å². The zero-order valence-electron chi connectivity index (χ0n) is 14.8. The maximum Gasteiger partial charge on any atom is 0.240 e. The van der Waals surface area contributed by atoms with Crippen molar-refractivity contribution in [2.24, 2.45) is 0 Å². The molecule has 0 radical (unpaired) electrons. The zero-order chi connectivity index (χ0) is 18.2. The summed E-state index contributed by atoms with van der Waals surface area (Å²) >= 11 is 1.50. The van der Waals surface area contributed by atoms with Crippen molar-refractivity contribution in [2.45, 2.75) is 44.6 Å². The number of rotatable bonds is 4. The van der Waals surface area contributed by atoms with Gasteiger partial charge in [0, 0.05) is 6.54 Å². The van der Waals surface area contributed by atoms with Crippen LogP contribution < -0.4 is 4.72 Å². The molecule has 0 aliphatic heterocycles. The van der Waals surface area contributed by atoms with Crippen molar-refractivity contribution in [3.05, 3.63) is 58.6 Å². The maximum absolute atomic E-state index is 12.6. The van der Waals surface area contributed by atoms with Crippen molar-refractivity contribution in [1.82, 2.24) is 9.71 Å². The number of thiazole rings is 1. The summed E-state index contributed by atoms with van der Waals surface area (Å²) in [7, 11) is -3.55. The Hall–Kier alpha value is -1.76. The van der Waals surface area contributed by atoms with Gasteiger partial charge in [0.15, 0.2) is 0 Å². The predicted octanol–water partition coefficient (Wildman–Crippen LogP) is 4.38. The van der Waals surface area contributed by atoms with Gasteiger partial charge in [-0.3, -0.25) is 0 Å². The molecule has 0 saturated heterocycles. The van der Waals surface area contributed by atoms with Gasteiger partial charge >= 0.3 is 0 Å². The van der Waals surface area contributed by atoms with E-state index in [1.807, 2.05) is 19.1 Å². The fourth-order valence-electron chi connectivity index (χ4n) is 2.57. The van der Waals surface area contributed by atoms with Crippen molar-refractivity contribution in [2.75, 3.05) is 0 Å². The first kappa shape index (κ1) is 18.0. The maximum atomic E-state index is 12.6. The number of nitrogens with one attached hydrogen (secondary N) is 1. The van der Waals surface area contributed by atoms with E-state index in [0.717, 1.165) is 20.8 Å². The first-order valence-corrected chi connectivity index (χ1v) is 10.4. The molecule has 132 valence electrons. The van der Waals surface area contributed by atoms with Gasteiger partial charge < -0.3 is 0 Å². The van der Waals surface area contributed by atoms with Gasteiger partial charge in [0.2, 0.25) is 10.0 Å². The summed E-state index contributed by atoms with van der Waals surface area (Å²) in [5.41, 5.74) is 3.08. The Bertz CT molecular complexity index is 998. The molecule has 25 heavy (non-hydrogen) atoms. The molecule has 0 fully saturated rings. The molecule has 3 aromatic rings. The molecule has 3 rings (SSSR count). The Balaban J connectivity index is 1.76. The number of hydrogen-bond acceptors (Lipinski definition) is 4. The van der Waals surface area contributed by atoms with Crippen molar-refractivity contribution < 1.29 is 8.42 Å². The van der Waals surface area contributed by atoms with Gasteiger partial charge in [-0.2, -0.15) is 0 Å². The van der Waals surface area contributed by atoms with Gasteiger partial charge in [-0.15, -0.1) is 11.3 Å². The minimum Gasteiger partial charge on any atom is -0.242 e. The Labute approximate surface area is 153 Å². The quantitative estimate of drug-likeness (QED) is 0.737. The van der Waals surface area contributed by atoms with Crippen LogP contribution in [0.4, 0.5) is 0 Å². The molecule has 2 aromatic carbocycles. The Morgan fingerprint density at radius 1 is 1.08 bits per heavy atom. The van der Waals surface area contributed by atoms with Crippen molar-refractivity contribution >= 4 is 31.6 Å². The van der Waals surface area contributed by atoms with E-state index >= 15 is 0 Å². The second kappa shape index (κ2) is 6.52. The molecule has 0 spiro atoms. The first-order chi connectivity index (χ1) is 11.6. The highest BCUT2D eigenvalue weighted by Gasteiger charge is 2.16. The van der Waals surface area contributed by atoms with Crippen LogP contribution in [-0.4, -0.2) is 13.4 Å². The number of hydrogen-bond donors (Lipinski definition) is 1. The van der Waals surface area contributed by atoms with Crippen LogP contribution in [0.15, 0.2) is 47.4 Å². The lowest BCUT2D eigenvalue weighted by Crippen LogP contribution is -2.23. The van der Waals surface area contributed by atoms with Gasteiger partial charge in [0.1, 0.15) is 0 Å². The molecule has 0 aliphatic rings. The molecule has 0 unspecified atom stereocenters. The summed E-state index contributed by atoms with van der Waals surface area (Å²) < 4.78 is 28.7. The highest BCUT2D eigenvalue weighted by Crippen LogP contribution is 2.25. The van der Waals surface area contributed by atoms with E-state index in [9.17, 15) is 8.42 Å². The first-order valence-electron chi connectivity index (χ1n) is 8.11. The average molecular weight is 375 g/mol. The lowest BCUT2D eigenvalue weighted by Gasteiger charge is -2.19. The summed E-state index contributed by atoms with van der Waals surface area (Å²) in [4.78, 5) is 4.63. The van der Waals surface area contributed by atoms with Crippen LogP contribution in [0.1, 0.15) is 36.9 Å². The lowest BCUT2D eigenvalue weighted by molar-refractivity contribution is 0.580. The number of benzene rings is 2. The van der Waals surface area contributed by atoms with Crippen LogP contribution in [0.3, 0.4) is 0 Å². The summed E-state index contributed by atoms with van der Waals surface area (Å²) in [6.07, 6.45) is 0. The van der Waals surface area contributed by atoms with E-state index in [4.69, 9.17) is 0 Å². The molecule has 1 N–H and O–H groups in total. The van der Waals surface area contributed by atoms with Crippen molar-refractivity contribution in [3.63, 3.8) is 0 Å². The topological polar surface area (TPSA) is 59.1 Å². The van der Waals surface area contributed by atoms with Crippen LogP contribution in [0.5, 0.6) is 0 Å². The van der Waals surface area contributed by atoms with E-state index in [0.29, 0.717) is 0 Å². The van der Waals surface area contributed by atoms with E-state index in [1.165, 1.54) is 16.9 Å². The molecule has 0 amide bonds. The fraction of sp³-hybridized carbons (Fsp3) is 0.316. The average Bonchev–Trinajstić information content (AvgIpc) is 2.91. The van der Waals surface area contributed by atoms with Crippen molar-refractivity contribution in [3.8, 4) is 0 Å². The predicted molar refractivity (Wildman–Crippen MR) is 104 cm³/mol. The molecule has 1 heterocycles. The largest absolute Gasteiger partial charge is 0.242 e. The summed E-state index contributed by atoms with van der Waals surface area (Å²) in [5, 5.41) is 0.927. The van der Waals surface area contributed by atoms with E-state index in [1.54, 1.807) is 18.2 Å². The molecule has 0 aliphatic carbocycles. The zero-order valence-corrected chi connectivity index (χ0v) is 16.5. The third kappa shape index (κ3) is 4.08. The Morgan fingerprint density at radius 3 is 2.40 bits per heavy atom. The number of fused-ring (bicyclic) bond motifs is 1. The third-order valence-electron chi connectivity index (χ3n) is 4.06. The minimum absolute atomic E-state index is 0.0837. The second-order valence-corrected chi connectivity index (χ2v) is 10.1. The third-order valence-corrected chi connectivity index (χ3v) is 6.40. The van der Waals surface area contributed by atoms with Gasteiger partial charge in [-0.25, -0.2) is 18.1 Å². The summed E-state index contributed by atoms with van der Waals surface area (Å²) in [6, 6.07) is 13.1. The van der Waals surface area contributed by atoms with Crippen molar-refractivity contribution in [1.29, 1.82) is 0 Å². The van der Waals surface area contributed by atoms with Gasteiger partial charge in [-0.05, 0) is 41.7 Å². The fourth-order valence-corrected chi connectivity index (χ4v) is 4.56. The molecular formula is C19H22N2O2S2. The van der Waals surface area contributed by atoms with E-state index < -0.39 is 10.0 Å². The Morgan fingerprint density at radius 2 is 1.76 bits per heavy atom. The van der Waals surface area contributed by atoms with Crippen LogP contribution in [-0.2, 0) is 22.0 Å². The van der Waals surface area contributed by atoms with Crippen LogP contribution in [0.25, 0.3) is 10.2 Å². The highest BCUT2D eigenvalue weighted by atomic mass is 32.2. The van der Waals surface area contributed by atoms with Gasteiger partial charge in [0.25, 0.3) is 0 Å². The Kier molecular flexibility index (Phi) is 4.70. The highest BCUT2D eigenvalue weighted by molar-refractivity contribution is 7.89. The minimum atomic E-state index is -3.55. The molecular weight excluding hydrogens is 352 g/mol. The lowest BCUT2D eigenvalue weighted by atomic mass is 9.87. The second-order valence-electron chi connectivity index (χ2n) is 7.13. The molecule has 1 aromatic heterocycles. The molecule has 0 saturated carbocycles. The molecule has 6 heteroatoms. The molecule has 4 nitrogen and oxygen atoms in total. The van der Waals surface area contributed by atoms with Gasteiger partial charge in [-0.1, -0.05) is 45.0 Å². The number of sulfonamides is 1. The SMILES string of the molecule is Cc1nc2ccc(S(=O)(=O)NCc3ccc(C(C)(C)C)cc3)cc2s1. The molecule has 0 bridgehead atoms. The summed E-state index contributed by atoms with van der Waals surface area (Å²) in [5.74, 6) is 0. The number of nitrogens with zero attached hydrogens (tertiary/aromatic N) is 1. The molecule has 0 atom stereocenters. The van der Waals surface area contributed by atoms with Gasteiger partial charge in [0.05, 0.1) is 20.1 Å². The van der Waals surface area contributed by atoms with Crippen LogP contribution >= 0.6 is 11.3 Å². The van der Waals surface area contributed by atoms with E-state index in [-0.39, 0.29) is 16.9 Å². The normalized spacial score (nSPS) is 12.6. The van der Waals surface area contributed by atoms with Crippen LogP contribution in [0, 0.1) is 6.92 Å².